The molecule has 1 fully saturated rings. The number of hydrogen-bond donors (Lipinski definition) is 2. The average molecular weight is 500 g/mol. The van der Waals surface area contributed by atoms with Crippen molar-refractivity contribution in [3.05, 3.63) is 47.5 Å². The number of amides is 2. The van der Waals surface area contributed by atoms with Crippen LogP contribution in [0.1, 0.15) is 49.7 Å². The summed E-state index contributed by atoms with van der Waals surface area (Å²) < 4.78 is 29.1. The Balaban J connectivity index is 1.35. The highest BCUT2D eigenvalue weighted by atomic mass is 32.2. The highest BCUT2D eigenvalue weighted by molar-refractivity contribution is 8.01. The number of rotatable bonds is 4. The summed E-state index contributed by atoms with van der Waals surface area (Å²) in [5.41, 5.74) is 3.30. The van der Waals surface area contributed by atoms with Gasteiger partial charge in [0.2, 0.25) is 11.8 Å². The van der Waals surface area contributed by atoms with Crippen molar-refractivity contribution in [3.63, 3.8) is 0 Å². The minimum Gasteiger partial charge on any atom is -0.341 e. The summed E-state index contributed by atoms with van der Waals surface area (Å²) in [5, 5.41) is 1.93. The van der Waals surface area contributed by atoms with Crippen LogP contribution in [0.2, 0.25) is 0 Å². The summed E-state index contributed by atoms with van der Waals surface area (Å²) in [5.74, 6) is -0.561. The molecule has 0 aromatic heterocycles. The van der Waals surface area contributed by atoms with Crippen LogP contribution in [0, 0.1) is 0 Å². The predicted molar refractivity (Wildman–Crippen MR) is 134 cm³/mol. The van der Waals surface area contributed by atoms with Crippen LogP contribution < -0.4 is 10.0 Å². The van der Waals surface area contributed by atoms with Gasteiger partial charge in [-0.1, -0.05) is 25.0 Å². The van der Waals surface area contributed by atoms with E-state index in [2.05, 4.69) is 16.1 Å². The zero-order valence-electron chi connectivity index (χ0n) is 19.0. The molecule has 0 spiro atoms. The molecule has 2 N–H and O–H groups in total. The van der Waals surface area contributed by atoms with Gasteiger partial charge in [-0.2, -0.15) is 0 Å². The monoisotopic (exact) mass is 499 g/mol. The second-order valence-electron chi connectivity index (χ2n) is 9.14. The van der Waals surface area contributed by atoms with E-state index in [4.69, 9.17) is 0 Å². The van der Waals surface area contributed by atoms with Crippen LogP contribution in [0.15, 0.2) is 46.2 Å². The van der Waals surface area contributed by atoms with Gasteiger partial charge in [-0.15, -0.1) is 11.8 Å². The van der Waals surface area contributed by atoms with E-state index in [0.29, 0.717) is 29.4 Å². The molecule has 1 unspecified atom stereocenters. The zero-order valence-corrected chi connectivity index (χ0v) is 20.6. The minimum atomic E-state index is -3.83. The molecule has 2 amide bonds. The van der Waals surface area contributed by atoms with Crippen molar-refractivity contribution in [1.82, 2.24) is 4.90 Å². The molecule has 2 heterocycles. The van der Waals surface area contributed by atoms with Gasteiger partial charge in [0.15, 0.2) is 5.25 Å². The molecule has 9 heteroatoms. The number of benzene rings is 2. The van der Waals surface area contributed by atoms with Crippen LogP contribution in [0.5, 0.6) is 0 Å². The Morgan fingerprint density at radius 2 is 1.76 bits per heavy atom. The number of fused-ring (bicyclic) bond motifs is 2. The first-order valence-corrected chi connectivity index (χ1v) is 14.3. The quantitative estimate of drug-likeness (QED) is 0.616. The van der Waals surface area contributed by atoms with Gasteiger partial charge in [0.1, 0.15) is 0 Å². The Morgan fingerprint density at radius 1 is 1.00 bits per heavy atom. The molecule has 0 saturated carbocycles. The van der Waals surface area contributed by atoms with E-state index in [1.807, 2.05) is 6.07 Å². The fraction of sp³-hybridized carbons (Fsp3) is 0.440. The van der Waals surface area contributed by atoms with Gasteiger partial charge in [-0.25, -0.2) is 8.42 Å². The molecular weight excluding hydrogens is 470 g/mol. The number of nitrogens with one attached hydrogen (secondary N) is 2. The first kappa shape index (κ1) is 23.2. The van der Waals surface area contributed by atoms with Crippen LogP contribution in [0.4, 0.5) is 11.4 Å². The van der Waals surface area contributed by atoms with E-state index >= 15 is 0 Å². The fourth-order valence-corrected chi connectivity index (χ4v) is 7.13. The number of carbonyl (C=O) groups excluding carboxylic acids is 2. The van der Waals surface area contributed by atoms with Crippen molar-refractivity contribution in [1.29, 1.82) is 0 Å². The lowest BCUT2D eigenvalue weighted by Crippen LogP contribution is -2.45. The normalized spacial score (nSPS) is 20.5. The van der Waals surface area contributed by atoms with Gasteiger partial charge < -0.3 is 10.2 Å². The van der Waals surface area contributed by atoms with Crippen molar-refractivity contribution in [2.45, 2.75) is 66.4 Å². The van der Waals surface area contributed by atoms with E-state index in [1.165, 1.54) is 29.5 Å². The Morgan fingerprint density at radius 3 is 2.56 bits per heavy atom. The van der Waals surface area contributed by atoms with Crippen molar-refractivity contribution in [2.24, 2.45) is 0 Å². The summed E-state index contributed by atoms with van der Waals surface area (Å²) in [4.78, 5) is 28.4. The third kappa shape index (κ3) is 4.68. The molecule has 0 bridgehead atoms. The van der Waals surface area contributed by atoms with Crippen LogP contribution in [0.25, 0.3) is 0 Å². The molecular formula is C25H29N3O4S2. The number of aryl methyl sites for hydroxylation is 1. The first-order valence-electron chi connectivity index (χ1n) is 12.0. The molecule has 2 aromatic carbocycles. The van der Waals surface area contributed by atoms with Gasteiger partial charge in [-0.3, -0.25) is 14.3 Å². The van der Waals surface area contributed by atoms with Crippen molar-refractivity contribution < 1.29 is 18.0 Å². The standard InChI is InChI=1S/C25H29N3O4S2/c29-24-23(25(30)28-14-5-1-2-6-15-28)33-22-13-12-18(16-21(22)26-24)34(31,32)27-20-11-7-9-17-8-3-4-10-19(17)20/h7,9,11-13,16,23,27H,1-6,8,10,14-15H2,(H,26,29). The first-order chi connectivity index (χ1) is 16.4. The lowest BCUT2D eigenvalue weighted by molar-refractivity contribution is -0.133. The largest absolute Gasteiger partial charge is 0.341 e. The average Bonchev–Trinajstić information content (AvgIpc) is 3.12. The Hall–Kier alpha value is -2.52. The number of likely N-dealkylation sites (tertiary alicyclic amines) is 1. The molecule has 2 aromatic rings. The predicted octanol–water partition coefficient (Wildman–Crippen LogP) is 4.18. The molecule has 1 atom stereocenters. The molecule has 7 nitrogen and oxygen atoms in total. The van der Waals surface area contributed by atoms with E-state index < -0.39 is 21.2 Å². The maximum absolute atomic E-state index is 13.2. The molecule has 2 aliphatic heterocycles. The Labute approximate surface area is 204 Å². The SMILES string of the molecule is O=C1Nc2cc(S(=O)(=O)Nc3cccc4c3CCCC4)ccc2SC1C(=O)N1CCCCCC1. The second kappa shape index (κ2) is 9.62. The molecule has 1 aliphatic carbocycles. The van der Waals surface area contributed by atoms with Gasteiger partial charge >= 0.3 is 0 Å². The summed E-state index contributed by atoms with van der Waals surface area (Å²) in [6.45, 7) is 1.37. The van der Waals surface area contributed by atoms with Crippen molar-refractivity contribution >= 4 is 45.0 Å². The number of carbonyl (C=O) groups is 2. The number of sulfonamides is 1. The van der Waals surface area contributed by atoms with Crippen LogP contribution >= 0.6 is 11.8 Å². The smallest absolute Gasteiger partial charge is 0.261 e. The summed E-state index contributed by atoms with van der Waals surface area (Å²) in [6, 6.07) is 10.4. The fourth-order valence-electron chi connectivity index (χ4n) is 4.96. The lowest BCUT2D eigenvalue weighted by Gasteiger charge is -2.29. The van der Waals surface area contributed by atoms with Gasteiger partial charge in [0.25, 0.3) is 10.0 Å². The minimum absolute atomic E-state index is 0.0813. The number of nitrogens with zero attached hydrogens (tertiary/aromatic N) is 1. The summed E-state index contributed by atoms with van der Waals surface area (Å²) >= 11 is 1.20. The molecule has 180 valence electrons. The van der Waals surface area contributed by atoms with Crippen LogP contribution in [-0.2, 0) is 32.5 Å². The maximum atomic E-state index is 13.2. The van der Waals surface area contributed by atoms with E-state index in [1.54, 1.807) is 17.0 Å². The van der Waals surface area contributed by atoms with Crippen LogP contribution in [0.3, 0.4) is 0 Å². The third-order valence-corrected chi connectivity index (χ3v) is 9.41. The van der Waals surface area contributed by atoms with Gasteiger partial charge in [0, 0.05) is 18.0 Å². The van der Waals surface area contributed by atoms with E-state index in [0.717, 1.165) is 56.9 Å². The third-order valence-electron chi connectivity index (χ3n) is 6.78. The number of thioether (sulfide) groups is 1. The summed E-state index contributed by atoms with van der Waals surface area (Å²) in [7, 11) is -3.83. The summed E-state index contributed by atoms with van der Waals surface area (Å²) in [6.07, 6.45) is 8.11. The van der Waals surface area contributed by atoms with Crippen molar-refractivity contribution in [3.8, 4) is 0 Å². The number of hydrogen-bond acceptors (Lipinski definition) is 5. The number of anilines is 2. The highest BCUT2D eigenvalue weighted by Crippen LogP contribution is 2.38. The molecule has 1 saturated heterocycles. The highest BCUT2D eigenvalue weighted by Gasteiger charge is 2.36. The Bertz CT molecular complexity index is 1220. The maximum Gasteiger partial charge on any atom is 0.261 e. The zero-order chi connectivity index (χ0) is 23.7. The molecule has 5 rings (SSSR count). The topological polar surface area (TPSA) is 95.6 Å². The van der Waals surface area contributed by atoms with Gasteiger partial charge in [-0.05, 0) is 73.9 Å². The lowest BCUT2D eigenvalue weighted by atomic mass is 9.91. The Kier molecular flexibility index (Phi) is 6.57. The van der Waals surface area contributed by atoms with E-state index in [-0.39, 0.29) is 10.8 Å². The molecule has 0 radical (unpaired) electrons. The van der Waals surface area contributed by atoms with E-state index in [9.17, 15) is 18.0 Å². The van der Waals surface area contributed by atoms with Gasteiger partial charge in [0.05, 0.1) is 16.3 Å². The van der Waals surface area contributed by atoms with Crippen LogP contribution in [-0.4, -0.2) is 43.5 Å². The molecule has 34 heavy (non-hydrogen) atoms. The van der Waals surface area contributed by atoms with Crippen molar-refractivity contribution in [2.75, 3.05) is 23.1 Å². The second-order valence-corrected chi connectivity index (χ2v) is 12.0. The molecule has 3 aliphatic rings.